The van der Waals surface area contributed by atoms with Gasteiger partial charge in [-0.25, -0.2) is 5.43 Å². The number of anilines is 1. The number of para-hydroxylation sites is 1. The van der Waals surface area contributed by atoms with Gasteiger partial charge in [0.2, 0.25) is 0 Å². The molecule has 160 valence electrons. The standard InChI is InChI=1S/C24H24BrN3O3/c1-17(27-21-11-13-22(30-2)14-12-21)24(29)28-26-15-19-5-3-4-6-23(19)31-16-18-7-9-20(25)10-8-18/h3-15,17,27H,16H2,1-2H3,(H,28,29)/t17-/m0/s1. The highest BCUT2D eigenvalue weighted by Gasteiger charge is 2.11. The van der Waals surface area contributed by atoms with Gasteiger partial charge in [-0.3, -0.25) is 4.79 Å². The summed E-state index contributed by atoms with van der Waals surface area (Å²) in [6.07, 6.45) is 1.58. The predicted molar refractivity (Wildman–Crippen MR) is 127 cm³/mol. The van der Waals surface area contributed by atoms with Crippen LogP contribution in [0.2, 0.25) is 0 Å². The van der Waals surface area contributed by atoms with Crippen molar-refractivity contribution >= 4 is 33.7 Å². The van der Waals surface area contributed by atoms with Gasteiger partial charge in [0.15, 0.2) is 0 Å². The van der Waals surface area contributed by atoms with Crippen molar-refractivity contribution in [3.05, 3.63) is 88.4 Å². The molecule has 0 bridgehead atoms. The van der Waals surface area contributed by atoms with E-state index >= 15 is 0 Å². The number of rotatable bonds is 9. The number of hydrazone groups is 1. The maximum Gasteiger partial charge on any atom is 0.262 e. The Balaban J connectivity index is 1.54. The van der Waals surface area contributed by atoms with Crippen molar-refractivity contribution in [3.8, 4) is 11.5 Å². The normalized spacial score (nSPS) is 11.7. The van der Waals surface area contributed by atoms with Crippen LogP contribution in [-0.2, 0) is 11.4 Å². The summed E-state index contributed by atoms with van der Waals surface area (Å²) in [5, 5.41) is 7.21. The van der Waals surface area contributed by atoms with Gasteiger partial charge in [0, 0.05) is 15.7 Å². The molecule has 0 saturated carbocycles. The first-order valence-corrected chi connectivity index (χ1v) is 10.5. The Labute approximate surface area is 190 Å². The zero-order valence-electron chi connectivity index (χ0n) is 17.3. The van der Waals surface area contributed by atoms with Gasteiger partial charge in [0.05, 0.1) is 13.3 Å². The fourth-order valence-corrected chi connectivity index (χ4v) is 2.99. The molecule has 7 heteroatoms. The number of hydrogen-bond donors (Lipinski definition) is 2. The van der Waals surface area contributed by atoms with Crippen molar-refractivity contribution < 1.29 is 14.3 Å². The summed E-state index contributed by atoms with van der Waals surface area (Å²) in [5.41, 5.74) is 5.21. The van der Waals surface area contributed by atoms with E-state index in [1.54, 1.807) is 20.2 Å². The second-order valence-corrected chi connectivity index (χ2v) is 7.70. The lowest BCUT2D eigenvalue weighted by Gasteiger charge is -2.14. The van der Waals surface area contributed by atoms with Crippen LogP contribution in [0.5, 0.6) is 11.5 Å². The topological polar surface area (TPSA) is 72.0 Å². The summed E-state index contributed by atoms with van der Waals surface area (Å²) in [6.45, 7) is 2.21. The summed E-state index contributed by atoms with van der Waals surface area (Å²) in [4.78, 5) is 12.3. The van der Waals surface area contributed by atoms with E-state index in [0.717, 1.165) is 27.0 Å². The van der Waals surface area contributed by atoms with Crippen LogP contribution in [0.25, 0.3) is 0 Å². The second-order valence-electron chi connectivity index (χ2n) is 6.78. The van der Waals surface area contributed by atoms with Crippen LogP contribution in [0, 0.1) is 0 Å². The van der Waals surface area contributed by atoms with Crippen LogP contribution < -0.4 is 20.2 Å². The van der Waals surface area contributed by atoms with E-state index in [4.69, 9.17) is 9.47 Å². The lowest BCUT2D eigenvalue weighted by atomic mass is 10.2. The smallest absolute Gasteiger partial charge is 0.262 e. The summed E-state index contributed by atoms with van der Waals surface area (Å²) in [5.74, 6) is 1.20. The fourth-order valence-electron chi connectivity index (χ4n) is 2.73. The Hall–Kier alpha value is -3.32. The number of ether oxygens (including phenoxy) is 2. The van der Waals surface area contributed by atoms with Gasteiger partial charge in [-0.1, -0.05) is 40.2 Å². The molecule has 0 saturated heterocycles. The Morgan fingerprint density at radius 3 is 2.48 bits per heavy atom. The van der Waals surface area contributed by atoms with Crippen molar-refractivity contribution in [1.29, 1.82) is 0 Å². The maximum atomic E-state index is 12.3. The van der Waals surface area contributed by atoms with Gasteiger partial charge in [-0.15, -0.1) is 0 Å². The first-order chi connectivity index (χ1) is 15.0. The fraction of sp³-hybridized carbons (Fsp3) is 0.167. The van der Waals surface area contributed by atoms with Gasteiger partial charge in [0.25, 0.3) is 5.91 Å². The summed E-state index contributed by atoms with van der Waals surface area (Å²) >= 11 is 3.43. The third-order valence-corrected chi connectivity index (χ3v) is 5.00. The number of methoxy groups -OCH3 is 1. The molecule has 2 N–H and O–H groups in total. The molecule has 3 aromatic rings. The zero-order valence-corrected chi connectivity index (χ0v) is 18.9. The van der Waals surface area contributed by atoms with Crippen molar-refractivity contribution in [2.75, 3.05) is 12.4 Å². The Kier molecular flexibility index (Phi) is 8.06. The van der Waals surface area contributed by atoms with Gasteiger partial charge in [0.1, 0.15) is 24.1 Å². The molecule has 0 heterocycles. The van der Waals surface area contributed by atoms with E-state index in [-0.39, 0.29) is 5.91 Å². The first kappa shape index (κ1) is 22.4. The van der Waals surface area contributed by atoms with Crippen molar-refractivity contribution in [3.63, 3.8) is 0 Å². The van der Waals surface area contributed by atoms with E-state index in [1.807, 2.05) is 72.8 Å². The largest absolute Gasteiger partial charge is 0.497 e. The average Bonchev–Trinajstić information content (AvgIpc) is 2.80. The highest BCUT2D eigenvalue weighted by atomic mass is 79.9. The van der Waals surface area contributed by atoms with Crippen LogP contribution in [0.1, 0.15) is 18.1 Å². The molecule has 0 aliphatic carbocycles. The quantitative estimate of drug-likeness (QED) is 0.333. The number of hydrogen-bond acceptors (Lipinski definition) is 5. The minimum Gasteiger partial charge on any atom is -0.497 e. The van der Waals surface area contributed by atoms with Crippen LogP contribution in [0.15, 0.2) is 82.4 Å². The van der Waals surface area contributed by atoms with E-state index in [0.29, 0.717) is 12.4 Å². The van der Waals surface area contributed by atoms with Crippen LogP contribution in [0.3, 0.4) is 0 Å². The third-order valence-electron chi connectivity index (χ3n) is 4.47. The van der Waals surface area contributed by atoms with Gasteiger partial charge in [-0.2, -0.15) is 5.10 Å². The highest BCUT2D eigenvalue weighted by Crippen LogP contribution is 2.19. The minimum absolute atomic E-state index is 0.250. The Bertz CT molecular complexity index is 1020. The molecule has 0 aliphatic heterocycles. The van der Waals surface area contributed by atoms with E-state index < -0.39 is 6.04 Å². The molecule has 0 aromatic heterocycles. The lowest BCUT2D eigenvalue weighted by molar-refractivity contribution is -0.121. The number of amides is 1. The zero-order chi connectivity index (χ0) is 22.1. The molecular formula is C24H24BrN3O3. The summed E-state index contributed by atoms with van der Waals surface area (Å²) in [6, 6.07) is 22.4. The van der Waals surface area contributed by atoms with Gasteiger partial charge < -0.3 is 14.8 Å². The summed E-state index contributed by atoms with van der Waals surface area (Å²) < 4.78 is 12.1. The monoisotopic (exact) mass is 481 g/mol. The molecule has 0 radical (unpaired) electrons. The van der Waals surface area contributed by atoms with E-state index in [1.165, 1.54) is 0 Å². The molecular weight excluding hydrogens is 458 g/mol. The maximum absolute atomic E-state index is 12.3. The van der Waals surface area contributed by atoms with E-state index in [2.05, 4.69) is 31.8 Å². The van der Waals surface area contributed by atoms with Gasteiger partial charge >= 0.3 is 0 Å². The molecule has 3 rings (SSSR count). The highest BCUT2D eigenvalue weighted by molar-refractivity contribution is 9.10. The second kappa shape index (κ2) is 11.2. The van der Waals surface area contributed by atoms with Crippen LogP contribution in [0.4, 0.5) is 5.69 Å². The first-order valence-electron chi connectivity index (χ1n) is 9.75. The Morgan fingerprint density at radius 2 is 1.77 bits per heavy atom. The Morgan fingerprint density at radius 1 is 1.06 bits per heavy atom. The molecule has 6 nitrogen and oxygen atoms in total. The molecule has 1 atom stereocenters. The predicted octanol–water partition coefficient (Wildman–Crippen LogP) is 4.99. The van der Waals surface area contributed by atoms with Crippen molar-refractivity contribution in [1.82, 2.24) is 5.43 Å². The van der Waals surface area contributed by atoms with Gasteiger partial charge in [-0.05, 0) is 61.0 Å². The molecule has 1 amide bonds. The molecule has 31 heavy (non-hydrogen) atoms. The minimum atomic E-state index is -0.463. The number of carbonyl (C=O) groups excluding carboxylic acids is 1. The number of nitrogens with zero attached hydrogens (tertiary/aromatic N) is 1. The number of benzene rings is 3. The number of carbonyl (C=O) groups is 1. The molecule has 3 aromatic carbocycles. The molecule has 0 spiro atoms. The number of halogens is 1. The van der Waals surface area contributed by atoms with Crippen LogP contribution >= 0.6 is 15.9 Å². The summed E-state index contributed by atoms with van der Waals surface area (Å²) in [7, 11) is 1.61. The molecule has 0 fully saturated rings. The number of nitrogens with one attached hydrogen (secondary N) is 2. The van der Waals surface area contributed by atoms with Crippen LogP contribution in [-0.4, -0.2) is 25.3 Å². The van der Waals surface area contributed by atoms with Crippen molar-refractivity contribution in [2.24, 2.45) is 5.10 Å². The molecule has 0 unspecified atom stereocenters. The van der Waals surface area contributed by atoms with E-state index in [9.17, 15) is 4.79 Å². The third kappa shape index (κ3) is 6.86. The SMILES string of the molecule is COc1ccc(N[C@@H](C)C(=O)NN=Cc2ccccc2OCc2ccc(Br)cc2)cc1. The average molecular weight is 482 g/mol. The lowest BCUT2D eigenvalue weighted by Crippen LogP contribution is -2.34. The van der Waals surface area contributed by atoms with Crippen molar-refractivity contribution in [2.45, 2.75) is 19.6 Å². The molecule has 0 aliphatic rings.